The van der Waals surface area contributed by atoms with Gasteiger partial charge in [0.15, 0.2) is 17.0 Å². The molecule has 6 atom stereocenters. The lowest BCUT2D eigenvalue weighted by molar-refractivity contribution is -0.0224. The van der Waals surface area contributed by atoms with E-state index in [4.69, 9.17) is 11.6 Å². The Morgan fingerprint density at radius 3 is 2.71 bits per heavy atom. The smallest absolute Gasteiger partial charge is 0.226 e. The van der Waals surface area contributed by atoms with Gasteiger partial charge in [-0.1, -0.05) is 13.8 Å². The maximum absolute atomic E-state index is 13.6. The van der Waals surface area contributed by atoms with Gasteiger partial charge in [0, 0.05) is 11.5 Å². The van der Waals surface area contributed by atoms with Gasteiger partial charge in [-0.15, -0.1) is 0 Å². The van der Waals surface area contributed by atoms with E-state index in [1.54, 1.807) is 10.9 Å². The molecule has 0 spiro atoms. The van der Waals surface area contributed by atoms with Crippen molar-refractivity contribution >= 4 is 28.6 Å². The molecule has 2 aromatic heterocycles. The Kier molecular flexibility index (Phi) is 4.13. The van der Waals surface area contributed by atoms with Crippen LogP contribution in [0, 0.1) is 23.2 Å². The number of aliphatic hydroxyl groups excluding tert-OH is 2. The summed E-state index contributed by atoms with van der Waals surface area (Å²) in [6.07, 6.45) is 2.39. The van der Waals surface area contributed by atoms with Crippen molar-refractivity contribution in [1.29, 1.82) is 0 Å². The fourth-order valence-electron chi connectivity index (χ4n) is 5.16. The Morgan fingerprint density at radius 1 is 1.36 bits per heavy atom. The number of aromatic nitrogens is 4. The third-order valence-corrected chi connectivity index (χ3v) is 7.14. The topological polar surface area (TPSA) is 96.1 Å². The highest BCUT2D eigenvalue weighted by Crippen LogP contribution is 2.67. The van der Waals surface area contributed by atoms with Gasteiger partial charge < -0.3 is 20.1 Å². The first-order valence-corrected chi connectivity index (χ1v) is 10.3. The molecule has 3 N–H and O–H groups in total. The molecule has 0 aromatic carbocycles. The molecule has 2 aromatic rings. The quantitative estimate of drug-likeness (QED) is 0.634. The van der Waals surface area contributed by atoms with Crippen LogP contribution in [0.25, 0.3) is 11.2 Å². The predicted octanol–water partition coefficient (Wildman–Crippen LogP) is 2.58. The van der Waals surface area contributed by atoms with Crippen LogP contribution in [0.4, 0.5) is 10.2 Å². The summed E-state index contributed by atoms with van der Waals surface area (Å²) in [7, 11) is 0. The highest BCUT2D eigenvalue weighted by molar-refractivity contribution is 6.28. The highest BCUT2D eigenvalue weighted by Gasteiger charge is 2.71. The first kappa shape index (κ1) is 18.5. The number of rotatable bonds is 6. The maximum atomic E-state index is 13.6. The molecule has 2 heterocycles. The summed E-state index contributed by atoms with van der Waals surface area (Å²) in [4.78, 5) is 13.2. The largest absolute Gasteiger partial charge is 0.390 e. The van der Waals surface area contributed by atoms with E-state index < -0.39 is 30.3 Å². The van der Waals surface area contributed by atoms with Crippen molar-refractivity contribution in [3.05, 3.63) is 11.6 Å². The van der Waals surface area contributed by atoms with E-state index in [0.717, 1.165) is 0 Å². The van der Waals surface area contributed by atoms with Crippen molar-refractivity contribution in [1.82, 2.24) is 19.5 Å². The van der Waals surface area contributed by atoms with Gasteiger partial charge in [-0.25, -0.2) is 4.98 Å². The molecule has 3 fully saturated rings. The van der Waals surface area contributed by atoms with E-state index in [2.05, 4.69) is 34.1 Å². The van der Waals surface area contributed by atoms with Gasteiger partial charge in [-0.3, -0.25) is 4.39 Å². The molecule has 5 rings (SSSR count). The molecule has 0 aliphatic heterocycles. The zero-order valence-electron chi connectivity index (χ0n) is 15.9. The molecule has 0 radical (unpaired) electrons. The second-order valence-electron chi connectivity index (χ2n) is 9.02. The summed E-state index contributed by atoms with van der Waals surface area (Å²) in [5.41, 5.74) is 0.238. The fraction of sp³-hybridized carbons (Fsp3) is 0.737. The molecule has 28 heavy (non-hydrogen) atoms. The number of aliphatic hydroxyl groups is 2. The standard InChI is InChI=1S/C19H25ClFN5O2/c1-8(2)11(9-3-4-9)23-16-12-17(25-18(20)24-16)26(7-22-12)13-10-5-19(10,6-21)15(28)14(13)27/h7-11,13-15,27-28H,3-6H2,1-2H3,(H,23,24,25)/t10-,11-,13-,14+,15+,19+/m1/s1. The molecule has 0 unspecified atom stereocenters. The van der Waals surface area contributed by atoms with E-state index in [0.29, 0.717) is 35.2 Å². The Hall–Kier alpha value is -1.51. The monoisotopic (exact) mass is 409 g/mol. The Morgan fingerprint density at radius 2 is 2.11 bits per heavy atom. The number of nitrogens with zero attached hydrogens (tertiary/aromatic N) is 4. The molecule has 0 saturated heterocycles. The maximum Gasteiger partial charge on any atom is 0.226 e. The molecular formula is C19H25ClFN5O2. The van der Waals surface area contributed by atoms with E-state index in [1.807, 2.05) is 0 Å². The lowest BCUT2D eigenvalue weighted by Gasteiger charge is -2.24. The van der Waals surface area contributed by atoms with Crippen LogP contribution in [-0.2, 0) is 0 Å². The van der Waals surface area contributed by atoms with Crippen LogP contribution in [0.3, 0.4) is 0 Å². The molecule has 3 aliphatic rings. The summed E-state index contributed by atoms with van der Waals surface area (Å²) in [5.74, 6) is 1.50. The molecule has 7 nitrogen and oxygen atoms in total. The number of imidazole rings is 1. The van der Waals surface area contributed by atoms with Gasteiger partial charge in [-0.05, 0) is 48.6 Å². The molecule has 152 valence electrons. The Bertz CT molecular complexity index is 917. The van der Waals surface area contributed by atoms with E-state index in [-0.39, 0.29) is 17.2 Å². The van der Waals surface area contributed by atoms with Crippen LogP contribution in [0.5, 0.6) is 0 Å². The van der Waals surface area contributed by atoms with Crippen molar-refractivity contribution in [2.75, 3.05) is 12.0 Å². The van der Waals surface area contributed by atoms with Crippen molar-refractivity contribution in [2.24, 2.45) is 23.2 Å². The zero-order valence-corrected chi connectivity index (χ0v) is 16.6. The fourth-order valence-corrected chi connectivity index (χ4v) is 5.32. The van der Waals surface area contributed by atoms with Crippen molar-refractivity contribution in [2.45, 2.75) is 57.4 Å². The third kappa shape index (κ3) is 2.57. The lowest BCUT2D eigenvalue weighted by atomic mass is 9.99. The molecule has 3 saturated carbocycles. The Labute approximate surface area is 167 Å². The second kappa shape index (κ2) is 6.24. The highest BCUT2D eigenvalue weighted by atomic mass is 35.5. The number of alkyl halides is 1. The van der Waals surface area contributed by atoms with Crippen LogP contribution in [0.15, 0.2) is 6.33 Å². The van der Waals surface area contributed by atoms with Crippen LogP contribution < -0.4 is 5.32 Å². The average molecular weight is 410 g/mol. The predicted molar refractivity (Wildman–Crippen MR) is 103 cm³/mol. The summed E-state index contributed by atoms with van der Waals surface area (Å²) < 4.78 is 15.3. The second-order valence-corrected chi connectivity index (χ2v) is 9.36. The van der Waals surface area contributed by atoms with Gasteiger partial charge in [0.1, 0.15) is 6.10 Å². The SMILES string of the molecule is CC(C)[C@@H](Nc1nc(Cl)nc2c1ncn2[C@H]1[C@H](O)[C@H](O)[C@]2(CF)C[C@H]12)C1CC1. The minimum Gasteiger partial charge on any atom is -0.390 e. The first-order chi connectivity index (χ1) is 13.4. The average Bonchev–Trinajstić information content (AvgIpc) is 3.55. The van der Waals surface area contributed by atoms with Crippen LogP contribution in [0.1, 0.15) is 39.2 Å². The van der Waals surface area contributed by atoms with E-state index >= 15 is 0 Å². The third-order valence-electron chi connectivity index (χ3n) is 6.97. The first-order valence-electron chi connectivity index (χ1n) is 9.96. The summed E-state index contributed by atoms with van der Waals surface area (Å²) in [6.45, 7) is 3.71. The number of fused-ring (bicyclic) bond motifs is 2. The van der Waals surface area contributed by atoms with Crippen molar-refractivity contribution in [3.8, 4) is 0 Å². The van der Waals surface area contributed by atoms with Gasteiger partial charge in [0.05, 0.1) is 25.1 Å². The minimum atomic E-state index is -1.08. The number of hydrogen-bond donors (Lipinski definition) is 3. The molecule has 3 aliphatic carbocycles. The summed E-state index contributed by atoms with van der Waals surface area (Å²) >= 11 is 6.21. The Balaban J connectivity index is 1.54. The molecule has 0 bridgehead atoms. The van der Waals surface area contributed by atoms with Crippen molar-refractivity contribution < 1.29 is 14.6 Å². The zero-order chi connectivity index (χ0) is 19.8. The van der Waals surface area contributed by atoms with E-state index in [9.17, 15) is 14.6 Å². The summed E-state index contributed by atoms with van der Waals surface area (Å²) in [5, 5.41) is 24.5. The van der Waals surface area contributed by atoms with Crippen molar-refractivity contribution in [3.63, 3.8) is 0 Å². The number of nitrogens with one attached hydrogen (secondary N) is 1. The van der Waals surface area contributed by atoms with Gasteiger partial charge in [0.2, 0.25) is 5.28 Å². The van der Waals surface area contributed by atoms with Crippen LogP contribution >= 0.6 is 11.6 Å². The number of anilines is 1. The molecule has 0 amide bonds. The molecule has 9 heteroatoms. The lowest BCUT2D eigenvalue weighted by Crippen LogP contribution is -2.35. The number of halogens is 2. The normalized spacial score (nSPS) is 35.4. The van der Waals surface area contributed by atoms with Gasteiger partial charge in [0.25, 0.3) is 0 Å². The van der Waals surface area contributed by atoms with Crippen LogP contribution in [-0.4, -0.2) is 54.7 Å². The van der Waals surface area contributed by atoms with Gasteiger partial charge in [-0.2, -0.15) is 9.97 Å². The minimum absolute atomic E-state index is 0.0932. The van der Waals surface area contributed by atoms with Gasteiger partial charge >= 0.3 is 0 Å². The molecular weight excluding hydrogens is 385 g/mol. The summed E-state index contributed by atoms with van der Waals surface area (Å²) in [6, 6.07) is -0.195. The van der Waals surface area contributed by atoms with Crippen LogP contribution in [0.2, 0.25) is 5.28 Å². The van der Waals surface area contributed by atoms with E-state index in [1.165, 1.54) is 12.8 Å². The number of hydrogen-bond acceptors (Lipinski definition) is 6.